The average Bonchev–Trinajstić information content (AvgIpc) is 2.96. The smallest absolute Gasteiger partial charge is 0.176 e. The van der Waals surface area contributed by atoms with Crippen LogP contribution in [0.1, 0.15) is 22.8 Å². The first-order valence-electron chi connectivity index (χ1n) is 8.08. The van der Waals surface area contributed by atoms with Crippen molar-refractivity contribution in [2.24, 2.45) is 0 Å². The first kappa shape index (κ1) is 19.2. The second-order valence-electron chi connectivity index (χ2n) is 5.83. The second kappa shape index (κ2) is 8.41. The fraction of sp³-hybridized carbons (Fsp3) is 0.105. The van der Waals surface area contributed by atoms with Crippen molar-refractivity contribution in [3.05, 3.63) is 76.1 Å². The number of carbonyl (C=O) groups is 1. The molecule has 1 aromatic heterocycles. The fourth-order valence-corrected chi connectivity index (χ4v) is 3.08. The number of Topliss-reactive ketones (excluding diaryl/α,β-unsaturated/α-hetero) is 1. The largest absolute Gasteiger partial charge is 0.332 e. The summed E-state index contributed by atoms with van der Waals surface area (Å²) in [6.07, 6.45) is 1.74. The first-order valence-corrected chi connectivity index (χ1v) is 9.28. The molecule has 0 aliphatic carbocycles. The average molecular weight is 447 g/mol. The Morgan fingerprint density at radius 1 is 1.22 bits per heavy atom. The molecule has 0 amide bonds. The number of hydrogen-bond donors (Lipinski definition) is 2. The molecule has 2 N–H and O–H groups in total. The summed E-state index contributed by atoms with van der Waals surface area (Å²) >= 11 is 8.73. The van der Waals surface area contributed by atoms with E-state index in [1.165, 1.54) is 13.0 Å². The summed E-state index contributed by atoms with van der Waals surface area (Å²) < 4.78 is 16.1. The standard InChI is InChI=1S/C19H16BrFN4OS/c1-12(26)13-6-4-7-15(9-13)22-19(27)23-18-16(20)11-25(24-18)10-14-5-2-3-8-17(14)21/h2-9,11H,10H2,1H3,(H2,22,23,24,27). The van der Waals surface area contributed by atoms with Crippen molar-refractivity contribution in [1.29, 1.82) is 0 Å². The van der Waals surface area contributed by atoms with Crippen LogP contribution < -0.4 is 10.6 Å². The molecule has 0 radical (unpaired) electrons. The van der Waals surface area contributed by atoms with Gasteiger partial charge in [-0.15, -0.1) is 0 Å². The Labute approximate surface area is 169 Å². The quantitative estimate of drug-likeness (QED) is 0.433. The van der Waals surface area contributed by atoms with Gasteiger partial charge in [0.25, 0.3) is 0 Å². The Balaban J connectivity index is 1.68. The van der Waals surface area contributed by atoms with Crippen molar-refractivity contribution in [2.75, 3.05) is 10.6 Å². The van der Waals surface area contributed by atoms with E-state index in [1.54, 1.807) is 47.3 Å². The zero-order valence-electron chi connectivity index (χ0n) is 14.4. The van der Waals surface area contributed by atoms with Gasteiger partial charge in [0.2, 0.25) is 0 Å². The zero-order chi connectivity index (χ0) is 19.4. The van der Waals surface area contributed by atoms with Crippen LogP contribution >= 0.6 is 28.1 Å². The molecule has 0 spiro atoms. The van der Waals surface area contributed by atoms with Crippen molar-refractivity contribution in [1.82, 2.24) is 9.78 Å². The van der Waals surface area contributed by atoms with Gasteiger partial charge in [-0.05, 0) is 53.3 Å². The van der Waals surface area contributed by atoms with Crippen LogP contribution in [0.15, 0.2) is 59.2 Å². The third-order valence-electron chi connectivity index (χ3n) is 3.77. The Morgan fingerprint density at radius 3 is 2.74 bits per heavy atom. The van der Waals surface area contributed by atoms with Crippen LogP contribution in [-0.2, 0) is 6.54 Å². The Hall–Kier alpha value is -2.58. The van der Waals surface area contributed by atoms with Crippen LogP contribution in [-0.4, -0.2) is 20.7 Å². The Morgan fingerprint density at radius 2 is 2.00 bits per heavy atom. The molecular formula is C19H16BrFN4OS. The minimum absolute atomic E-state index is 0.0211. The maximum absolute atomic E-state index is 13.8. The van der Waals surface area contributed by atoms with Crippen LogP contribution in [0.4, 0.5) is 15.9 Å². The SMILES string of the molecule is CC(=O)c1cccc(NC(=S)Nc2nn(Cc3ccccc3F)cc2Br)c1. The van der Waals surface area contributed by atoms with Crippen LogP contribution in [0.5, 0.6) is 0 Å². The molecule has 3 rings (SSSR count). The molecule has 0 atom stereocenters. The predicted octanol–water partition coefficient (Wildman–Crippen LogP) is 4.84. The molecule has 27 heavy (non-hydrogen) atoms. The number of halogens is 2. The second-order valence-corrected chi connectivity index (χ2v) is 7.09. The van der Waals surface area contributed by atoms with Crippen molar-refractivity contribution in [2.45, 2.75) is 13.5 Å². The number of rotatable bonds is 5. The number of thiocarbonyl (C=S) groups is 1. The summed E-state index contributed by atoms with van der Waals surface area (Å²) in [4.78, 5) is 11.5. The lowest BCUT2D eigenvalue weighted by Crippen LogP contribution is -2.20. The van der Waals surface area contributed by atoms with E-state index in [2.05, 4.69) is 31.7 Å². The minimum Gasteiger partial charge on any atom is -0.332 e. The normalized spacial score (nSPS) is 10.5. The molecule has 0 fully saturated rings. The minimum atomic E-state index is -0.277. The van der Waals surface area contributed by atoms with E-state index in [0.29, 0.717) is 38.8 Å². The molecule has 1 heterocycles. The van der Waals surface area contributed by atoms with Gasteiger partial charge in [0, 0.05) is 23.0 Å². The molecule has 0 bridgehead atoms. The molecule has 8 heteroatoms. The number of hydrogen-bond acceptors (Lipinski definition) is 3. The third kappa shape index (κ3) is 4.99. The van der Waals surface area contributed by atoms with Crippen molar-refractivity contribution < 1.29 is 9.18 Å². The van der Waals surface area contributed by atoms with E-state index in [1.807, 2.05) is 6.07 Å². The predicted molar refractivity (Wildman–Crippen MR) is 112 cm³/mol. The monoisotopic (exact) mass is 446 g/mol. The van der Waals surface area contributed by atoms with Crippen molar-refractivity contribution in [3.8, 4) is 0 Å². The van der Waals surface area contributed by atoms with Gasteiger partial charge >= 0.3 is 0 Å². The number of nitrogens with zero attached hydrogens (tertiary/aromatic N) is 2. The van der Waals surface area contributed by atoms with E-state index in [0.717, 1.165) is 0 Å². The molecule has 138 valence electrons. The molecule has 0 aliphatic heterocycles. The lowest BCUT2D eigenvalue weighted by Gasteiger charge is -2.10. The lowest BCUT2D eigenvalue weighted by molar-refractivity contribution is 0.101. The number of anilines is 2. The van der Waals surface area contributed by atoms with Gasteiger partial charge in [-0.2, -0.15) is 5.10 Å². The van der Waals surface area contributed by atoms with Crippen molar-refractivity contribution >= 4 is 50.5 Å². The highest BCUT2D eigenvalue weighted by Crippen LogP contribution is 2.22. The summed E-state index contributed by atoms with van der Waals surface area (Å²) in [6.45, 7) is 1.81. The van der Waals surface area contributed by atoms with Gasteiger partial charge in [0.05, 0.1) is 11.0 Å². The van der Waals surface area contributed by atoms with Gasteiger partial charge in [-0.25, -0.2) is 4.39 Å². The molecule has 3 aromatic rings. The summed E-state index contributed by atoms with van der Waals surface area (Å²) in [6, 6.07) is 13.6. The van der Waals surface area contributed by atoms with Crippen LogP contribution in [0.3, 0.4) is 0 Å². The summed E-state index contributed by atoms with van der Waals surface area (Å²) in [7, 11) is 0. The zero-order valence-corrected chi connectivity index (χ0v) is 16.8. The maximum atomic E-state index is 13.8. The Kier molecular flexibility index (Phi) is 5.98. The van der Waals surface area contributed by atoms with Crippen LogP contribution in [0.25, 0.3) is 0 Å². The van der Waals surface area contributed by atoms with E-state index in [4.69, 9.17) is 12.2 Å². The fourth-order valence-electron chi connectivity index (χ4n) is 2.45. The summed E-state index contributed by atoms with van der Waals surface area (Å²) in [5.41, 5.74) is 1.83. The molecule has 0 unspecified atom stereocenters. The first-order chi connectivity index (χ1) is 12.9. The molecule has 0 aliphatic rings. The molecule has 0 saturated carbocycles. The van der Waals surface area contributed by atoms with Gasteiger partial charge in [0.15, 0.2) is 16.7 Å². The van der Waals surface area contributed by atoms with Gasteiger partial charge in [0.1, 0.15) is 5.82 Å². The highest BCUT2D eigenvalue weighted by molar-refractivity contribution is 9.10. The highest BCUT2D eigenvalue weighted by Gasteiger charge is 2.10. The van der Waals surface area contributed by atoms with Crippen molar-refractivity contribution in [3.63, 3.8) is 0 Å². The molecule has 2 aromatic carbocycles. The van der Waals surface area contributed by atoms with Crippen LogP contribution in [0.2, 0.25) is 0 Å². The highest BCUT2D eigenvalue weighted by atomic mass is 79.9. The van der Waals surface area contributed by atoms with E-state index in [9.17, 15) is 9.18 Å². The molecule has 0 saturated heterocycles. The number of benzene rings is 2. The summed E-state index contributed by atoms with van der Waals surface area (Å²) in [5.74, 6) is 0.208. The number of ketones is 1. The summed E-state index contributed by atoms with van der Waals surface area (Å²) in [5, 5.41) is 10.7. The van der Waals surface area contributed by atoms with Gasteiger partial charge in [-0.1, -0.05) is 30.3 Å². The topological polar surface area (TPSA) is 59.0 Å². The maximum Gasteiger partial charge on any atom is 0.176 e. The van der Waals surface area contributed by atoms with Crippen LogP contribution in [0, 0.1) is 5.82 Å². The molecular weight excluding hydrogens is 431 g/mol. The number of nitrogens with one attached hydrogen (secondary N) is 2. The van der Waals surface area contributed by atoms with Gasteiger partial charge < -0.3 is 10.6 Å². The Bertz CT molecular complexity index is 1000. The third-order valence-corrected chi connectivity index (χ3v) is 4.55. The van der Waals surface area contributed by atoms with E-state index in [-0.39, 0.29) is 11.6 Å². The number of aromatic nitrogens is 2. The number of carbonyl (C=O) groups excluding carboxylic acids is 1. The molecule has 5 nitrogen and oxygen atoms in total. The van der Waals surface area contributed by atoms with E-state index < -0.39 is 0 Å². The van der Waals surface area contributed by atoms with Gasteiger partial charge in [-0.3, -0.25) is 9.48 Å². The lowest BCUT2D eigenvalue weighted by atomic mass is 10.1. The van der Waals surface area contributed by atoms with E-state index >= 15 is 0 Å².